The minimum absolute atomic E-state index is 0.0448. The molecule has 6 heteroatoms. The summed E-state index contributed by atoms with van der Waals surface area (Å²) in [5, 5.41) is 4.14. The Morgan fingerprint density at radius 2 is 1.96 bits per heavy atom. The average molecular weight is 329 g/mol. The summed E-state index contributed by atoms with van der Waals surface area (Å²) in [6.07, 6.45) is 5.47. The van der Waals surface area contributed by atoms with Gasteiger partial charge in [-0.15, -0.1) is 0 Å². The van der Waals surface area contributed by atoms with Gasteiger partial charge in [0.05, 0.1) is 11.5 Å². The van der Waals surface area contributed by atoms with E-state index in [1.165, 1.54) is 25.0 Å². The number of halogens is 1. The largest absolute Gasteiger partial charge is 0.339 e. The maximum atomic E-state index is 13.8. The Labute approximate surface area is 139 Å². The summed E-state index contributed by atoms with van der Waals surface area (Å²) in [7, 11) is 0. The van der Waals surface area contributed by atoms with E-state index in [4.69, 9.17) is 4.52 Å². The second-order valence-electron chi connectivity index (χ2n) is 6.69. The Kier molecular flexibility index (Phi) is 4.04. The van der Waals surface area contributed by atoms with Crippen molar-refractivity contribution < 1.29 is 13.7 Å². The molecule has 0 bridgehead atoms. The van der Waals surface area contributed by atoms with Gasteiger partial charge in [-0.1, -0.05) is 30.1 Å². The Morgan fingerprint density at radius 3 is 2.75 bits per heavy atom. The lowest BCUT2D eigenvalue weighted by Crippen LogP contribution is -2.29. The first kappa shape index (κ1) is 15.3. The number of rotatable bonds is 3. The Morgan fingerprint density at radius 1 is 1.17 bits per heavy atom. The monoisotopic (exact) mass is 329 g/mol. The van der Waals surface area contributed by atoms with Gasteiger partial charge in [0, 0.05) is 19.0 Å². The van der Waals surface area contributed by atoms with Crippen LogP contribution in [0.2, 0.25) is 0 Å². The van der Waals surface area contributed by atoms with Gasteiger partial charge in [0.1, 0.15) is 5.82 Å². The molecule has 1 saturated heterocycles. The van der Waals surface area contributed by atoms with Crippen LogP contribution >= 0.6 is 0 Å². The van der Waals surface area contributed by atoms with Crippen LogP contribution in [0.4, 0.5) is 4.39 Å². The molecule has 1 saturated carbocycles. The summed E-state index contributed by atoms with van der Waals surface area (Å²) in [6, 6.07) is 6.10. The zero-order chi connectivity index (χ0) is 16.5. The lowest BCUT2D eigenvalue weighted by Gasteiger charge is -2.16. The van der Waals surface area contributed by atoms with E-state index in [0.717, 1.165) is 25.1 Å². The molecular weight excluding hydrogens is 309 g/mol. The first-order valence-electron chi connectivity index (χ1n) is 8.59. The van der Waals surface area contributed by atoms with Gasteiger partial charge in [-0.25, -0.2) is 4.39 Å². The summed E-state index contributed by atoms with van der Waals surface area (Å²) in [6.45, 7) is 1.08. The normalized spacial score (nSPS) is 21.5. The van der Waals surface area contributed by atoms with Gasteiger partial charge >= 0.3 is 0 Å². The number of hydrogen-bond donors (Lipinski definition) is 0. The number of benzene rings is 1. The van der Waals surface area contributed by atoms with Crippen LogP contribution in [0.25, 0.3) is 0 Å². The summed E-state index contributed by atoms with van der Waals surface area (Å²) in [5.41, 5.74) is 0.121. The third-order valence-corrected chi connectivity index (χ3v) is 5.11. The standard InChI is InChI=1S/C18H20FN3O2/c19-15-8-4-3-7-14(15)18(23)22-10-9-13(11-22)17-20-16(21-24-17)12-5-1-2-6-12/h3-4,7-8,12-13H,1-2,5-6,9-11H2/t13-/m0/s1. The van der Waals surface area contributed by atoms with E-state index in [0.29, 0.717) is 24.9 Å². The van der Waals surface area contributed by atoms with Gasteiger partial charge in [-0.3, -0.25) is 4.79 Å². The van der Waals surface area contributed by atoms with Crippen LogP contribution in [0.5, 0.6) is 0 Å². The van der Waals surface area contributed by atoms with Crippen molar-refractivity contribution in [2.45, 2.75) is 43.9 Å². The Bertz CT molecular complexity index is 739. The lowest BCUT2D eigenvalue weighted by atomic mass is 10.1. The van der Waals surface area contributed by atoms with E-state index in [2.05, 4.69) is 10.1 Å². The molecule has 126 valence electrons. The van der Waals surface area contributed by atoms with Crippen molar-refractivity contribution in [3.63, 3.8) is 0 Å². The van der Waals surface area contributed by atoms with E-state index in [-0.39, 0.29) is 17.4 Å². The van der Waals surface area contributed by atoms with E-state index in [1.807, 2.05) is 0 Å². The highest BCUT2D eigenvalue weighted by Gasteiger charge is 2.33. The highest BCUT2D eigenvalue weighted by Crippen LogP contribution is 2.34. The zero-order valence-electron chi connectivity index (χ0n) is 13.4. The molecule has 1 aliphatic carbocycles. The van der Waals surface area contributed by atoms with Crippen molar-refractivity contribution in [1.29, 1.82) is 0 Å². The fourth-order valence-electron chi connectivity index (χ4n) is 3.71. The number of aromatic nitrogens is 2. The molecule has 1 aromatic heterocycles. The van der Waals surface area contributed by atoms with Crippen LogP contribution in [0.1, 0.15) is 66.0 Å². The number of carbonyl (C=O) groups is 1. The first-order chi connectivity index (χ1) is 11.7. The second kappa shape index (κ2) is 6.34. The number of likely N-dealkylation sites (tertiary alicyclic amines) is 1. The van der Waals surface area contributed by atoms with Crippen LogP contribution in [0.15, 0.2) is 28.8 Å². The number of carbonyl (C=O) groups excluding carboxylic acids is 1. The fourth-order valence-corrected chi connectivity index (χ4v) is 3.71. The molecule has 1 atom stereocenters. The first-order valence-corrected chi connectivity index (χ1v) is 8.59. The highest BCUT2D eigenvalue weighted by atomic mass is 19.1. The summed E-state index contributed by atoms with van der Waals surface area (Å²) >= 11 is 0. The topological polar surface area (TPSA) is 59.2 Å². The molecule has 2 heterocycles. The summed E-state index contributed by atoms with van der Waals surface area (Å²) < 4.78 is 19.2. The highest BCUT2D eigenvalue weighted by molar-refractivity contribution is 5.94. The molecular formula is C18H20FN3O2. The summed E-state index contributed by atoms with van der Waals surface area (Å²) in [4.78, 5) is 18.7. The van der Waals surface area contributed by atoms with Crippen molar-refractivity contribution >= 4 is 5.91 Å². The molecule has 1 amide bonds. The number of amides is 1. The van der Waals surface area contributed by atoms with Gasteiger partial charge < -0.3 is 9.42 Å². The van der Waals surface area contributed by atoms with Gasteiger partial charge in [0.15, 0.2) is 5.82 Å². The minimum Gasteiger partial charge on any atom is -0.339 e. The van der Waals surface area contributed by atoms with Gasteiger partial charge in [-0.05, 0) is 31.4 Å². The van der Waals surface area contributed by atoms with E-state index in [9.17, 15) is 9.18 Å². The van der Waals surface area contributed by atoms with Crippen molar-refractivity contribution in [3.05, 3.63) is 47.4 Å². The predicted octanol–water partition coefficient (Wildman–Crippen LogP) is 3.50. The van der Waals surface area contributed by atoms with Crippen LogP contribution < -0.4 is 0 Å². The zero-order valence-corrected chi connectivity index (χ0v) is 13.4. The van der Waals surface area contributed by atoms with Gasteiger partial charge in [0.2, 0.25) is 5.89 Å². The number of hydrogen-bond acceptors (Lipinski definition) is 4. The molecule has 0 spiro atoms. The predicted molar refractivity (Wildman–Crippen MR) is 85.2 cm³/mol. The van der Waals surface area contributed by atoms with Crippen molar-refractivity contribution in [3.8, 4) is 0 Å². The molecule has 1 aromatic carbocycles. The lowest BCUT2D eigenvalue weighted by molar-refractivity contribution is 0.0785. The van der Waals surface area contributed by atoms with Crippen molar-refractivity contribution in [2.75, 3.05) is 13.1 Å². The van der Waals surface area contributed by atoms with Gasteiger partial charge in [-0.2, -0.15) is 4.98 Å². The average Bonchev–Trinajstić information content (AvgIpc) is 3.33. The van der Waals surface area contributed by atoms with E-state index >= 15 is 0 Å². The molecule has 2 aliphatic rings. The minimum atomic E-state index is -0.479. The second-order valence-corrected chi connectivity index (χ2v) is 6.69. The maximum absolute atomic E-state index is 13.8. The maximum Gasteiger partial charge on any atom is 0.256 e. The van der Waals surface area contributed by atoms with Crippen LogP contribution in [0, 0.1) is 5.82 Å². The molecule has 4 rings (SSSR count). The van der Waals surface area contributed by atoms with Crippen LogP contribution in [-0.2, 0) is 0 Å². The molecule has 0 unspecified atom stereocenters. The Balaban J connectivity index is 1.45. The Hall–Kier alpha value is -2.24. The third kappa shape index (κ3) is 2.81. The smallest absolute Gasteiger partial charge is 0.256 e. The quantitative estimate of drug-likeness (QED) is 0.865. The molecule has 2 aromatic rings. The molecule has 0 radical (unpaired) electrons. The van der Waals surface area contributed by atoms with Crippen molar-refractivity contribution in [2.24, 2.45) is 0 Å². The third-order valence-electron chi connectivity index (χ3n) is 5.11. The molecule has 1 aliphatic heterocycles. The summed E-state index contributed by atoms with van der Waals surface area (Å²) in [5.74, 6) is 1.13. The van der Waals surface area contributed by atoms with E-state index in [1.54, 1.807) is 17.0 Å². The van der Waals surface area contributed by atoms with Crippen LogP contribution in [0.3, 0.4) is 0 Å². The fraction of sp³-hybridized carbons (Fsp3) is 0.500. The van der Waals surface area contributed by atoms with Gasteiger partial charge in [0.25, 0.3) is 5.91 Å². The van der Waals surface area contributed by atoms with Crippen LogP contribution in [-0.4, -0.2) is 34.0 Å². The molecule has 2 fully saturated rings. The number of nitrogens with zero attached hydrogens (tertiary/aromatic N) is 3. The molecule has 24 heavy (non-hydrogen) atoms. The molecule has 5 nitrogen and oxygen atoms in total. The van der Waals surface area contributed by atoms with E-state index < -0.39 is 5.82 Å². The SMILES string of the molecule is O=C(c1ccccc1F)N1CC[C@H](c2nc(C3CCCC3)no2)C1. The van der Waals surface area contributed by atoms with Crippen molar-refractivity contribution in [1.82, 2.24) is 15.0 Å². The molecule has 0 N–H and O–H groups in total.